The second-order valence-corrected chi connectivity index (χ2v) is 7.94. The lowest BCUT2D eigenvalue weighted by Gasteiger charge is -2.25. The van der Waals surface area contributed by atoms with Crippen LogP contribution in [0.3, 0.4) is 0 Å². The molecule has 1 amide bonds. The van der Waals surface area contributed by atoms with Crippen molar-refractivity contribution >= 4 is 29.3 Å². The summed E-state index contributed by atoms with van der Waals surface area (Å²) < 4.78 is 5.15. The number of aliphatic hydroxyl groups is 1. The fraction of sp³-hybridized carbons (Fsp3) is 0.280. The molecule has 9 heteroatoms. The van der Waals surface area contributed by atoms with Gasteiger partial charge in [-0.15, -0.1) is 0 Å². The quantitative estimate of drug-likeness (QED) is 0.438. The van der Waals surface area contributed by atoms with Gasteiger partial charge in [-0.3, -0.25) is 4.79 Å². The Labute approximate surface area is 197 Å². The van der Waals surface area contributed by atoms with E-state index in [1.807, 2.05) is 36.4 Å². The summed E-state index contributed by atoms with van der Waals surface area (Å²) in [6.07, 6.45) is 2.16. The molecule has 0 radical (unpaired) electrons. The number of carbonyl (C=O) groups excluding carboxylic acids is 2. The van der Waals surface area contributed by atoms with E-state index in [1.54, 1.807) is 31.0 Å². The highest BCUT2D eigenvalue weighted by atomic mass is 16.5. The Morgan fingerprint density at radius 1 is 1.24 bits per heavy atom. The zero-order valence-corrected chi connectivity index (χ0v) is 19.1. The maximum absolute atomic E-state index is 12.5. The number of amides is 1. The fourth-order valence-electron chi connectivity index (χ4n) is 3.81. The molecule has 9 nitrogen and oxygen atoms in total. The van der Waals surface area contributed by atoms with E-state index in [9.17, 15) is 14.7 Å². The number of hydrogen-bond acceptors (Lipinski definition) is 8. The zero-order chi connectivity index (χ0) is 24.1. The molecule has 2 heterocycles. The number of aromatic nitrogens is 2. The molecule has 1 atom stereocenters. The summed E-state index contributed by atoms with van der Waals surface area (Å²) in [6, 6.07) is 14.4. The molecule has 0 fully saturated rings. The second kappa shape index (κ2) is 10.3. The van der Waals surface area contributed by atoms with E-state index in [4.69, 9.17) is 4.74 Å². The first-order valence-electron chi connectivity index (χ1n) is 11.1. The summed E-state index contributed by atoms with van der Waals surface area (Å²) >= 11 is 0. The monoisotopic (exact) mass is 461 g/mol. The van der Waals surface area contributed by atoms with Crippen molar-refractivity contribution in [1.29, 1.82) is 0 Å². The molecule has 1 aromatic heterocycles. The van der Waals surface area contributed by atoms with E-state index in [1.165, 1.54) is 6.20 Å². The fourth-order valence-corrected chi connectivity index (χ4v) is 3.81. The summed E-state index contributed by atoms with van der Waals surface area (Å²) in [5.74, 6) is -0.0453. The molecule has 1 aliphatic heterocycles. The number of nitrogens with zero attached hydrogens (tertiary/aromatic N) is 3. The van der Waals surface area contributed by atoms with Crippen LogP contribution in [0.25, 0.3) is 0 Å². The molecular weight excluding hydrogens is 434 g/mol. The molecular formula is C25H27N5O4. The average molecular weight is 462 g/mol. The zero-order valence-electron chi connectivity index (χ0n) is 19.1. The SMILES string of the molecule is CCOC(=O)c1cnc(Nc2ccc3c(c2)CCN(C)C3=O)nc1N[C@H](CO)c1ccccc1. The van der Waals surface area contributed by atoms with Crippen molar-refractivity contribution in [2.75, 3.05) is 37.4 Å². The number of anilines is 3. The largest absolute Gasteiger partial charge is 0.462 e. The number of ether oxygens (including phenoxy) is 1. The maximum Gasteiger partial charge on any atom is 0.343 e. The first-order valence-corrected chi connectivity index (χ1v) is 11.1. The number of benzene rings is 2. The minimum Gasteiger partial charge on any atom is -0.462 e. The molecule has 0 spiro atoms. The summed E-state index contributed by atoms with van der Waals surface area (Å²) in [5.41, 5.74) is 3.39. The van der Waals surface area contributed by atoms with Gasteiger partial charge in [-0.2, -0.15) is 4.98 Å². The first-order chi connectivity index (χ1) is 16.5. The van der Waals surface area contributed by atoms with Gasteiger partial charge >= 0.3 is 5.97 Å². The Bertz CT molecular complexity index is 1190. The van der Waals surface area contributed by atoms with Crippen molar-refractivity contribution in [3.8, 4) is 0 Å². The highest BCUT2D eigenvalue weighted by molar-refractivity contribution is 5.97. The second-order valence-electron chi connectivity index (χ2n) is 7.94. The van der Waals surface area contributed by atoms with E-state index in [2.05, 4.69) is 20.6 Å². The van der Waals surface area contributed by atoms with Gasteiger partial charge in [0, 0.05) is 31.0 Å². The number of rotatable bonds is 8. The van der Waals surface area contributed by atoms with Crippen LogP contribution in [0.1, 0.15) is 44.8 Å². The predicted molar refractivity (Wildman–Crippen MR) is 128 cm³/mol. The molecule has 4 rings (SSSR count). The number of nitrogens with one attached hydrogen (secondary N) is 2. The van der Waals surface area contributed by atoms with E-state index in [0.29, 0.717) is 12.1 Å². The van der Waals surface area contributed by atoms with Gasteiger partial charge in [0.15, 0.2) is 0 Å². The van der Waals surface area contributed by atoms with Gasteiger partial charge in [0.05, 0.1) is 19.3 Å². The molecule has 0 bridgehead atoms. The third kappa shape index (κ3) is 4.99. The topological polar surface area (TPSA) is 117 Å². The minimum absolute atomic E-state index is 0.00489. The Morgan fingerprint density at radius 3 is 2.76 bits per heavy atom. The van der Waals surface area contributed by atoms with Crippen molar-refractivity contribution < 1.29 is 19.4 Å². The highest BCUT2D eigenvalue weighted by Gasteiger charge is 2.22. The van der Waals surface area contributed by atoms with E-state index < -0.39 is 12.0 Å². The van der Waals surface area contributed by atoms with Crippen LogP contribution < -0.4 is 10.6 Å². The molecule has 34 heavy (non-hydrogen) atoms. The molecule has 2 aromatic carbocycles. The number of fused-ring (bicyclic) bond motifs is 1. The Balaban J connectivity index is 1.63. The highest BCUT2D eigenvalue weighted by Crippen LogP contribution is 2.26. The van der Waals surface area contributed by atoms with Crippen LogP contribution in [0.4, 0.5) is 17.5 Å². The molecule has 176 valence electrons. The van der Waals surface area contributed by atoms with Crippen LogP contribution in [0.2, 0.25) is 0 Å². The normalized spacial score (nSPS) is 13.7. The lowest BCUT2D eigenvalue weighted by Crippen LogP contribution is -2.34. The van der Waals surface area contributed by atoms with E-state index >= 15 is 0 Å². The minimum atomic E-state index is -0.558. The van der Waals surface area contributed by atoms with Crippen LogP contribution >= 0.6 is 0 Å². The predicted octanol–water partition coefficient (Wildman–Crippen LogP) is 3.17. The van der Waals surface area contributed by atoms with Crippen molar-refractivity contribution in [3.63, 3.8) is 0 Å². The summed E-state index contributed by atoms with van der Waals surface area (Å²) in [4.78, 5) is 35.3. The Morgan fingerprint density at radius 2 is 2.03 bits per heavy atom. The van der Waals surface area contributed by atoms with E-state index in [0.717, 1.165) is 23.2 Å². The summed E-state index contributed by atoms with van der Waals surface area (Å²) in [6.45, 7) is 2.40. The molecule has 3 N–H and O–H groups in total. The average Bonchev–Trinajstić information content (AvgIpc) is 2.85. The van der Waals surface area contributed by atoms with Gasteiger partial charge in [-0.1, -0.05) is 30.3 Å². The standard InChI is InChI=1S/C25H27N5O4/c1-3-34-24(33)20-14-26-25(29-22(20)28-21(15-31)16-7-5-4-6-8-16)27-18-9-10-19-17(13-18)11-12-30(2)23(19)32/h4-10,13-14,21,31H,3,11-12,15H2,1-2H3,(H2,26,27,28,29)/t21-/m1/s1. The molecule has 1 aliphatic rings. The number of likely N-dealkylation sites (N-methyl/N-ethyl adjacent to an activating group) is 1. The van der Waals surface area contributed by atoms with Gasteiger partial charge in [0.25, 0.3) is 5.91 Å². The molecule has 3 aromatic rings. The first kappa shape index (κ1) is 23.2. The van der Waals surface area contributed by atoms with Crippen molar-refractivity contribution in [3.05, 3.63) is 77.0 Å². The Hall–Kier alpha value is -3.98. The number of hydrogen-bond donors (Lipinski definition) is 3. The molecule has 0 saturated carbocycles. The summed E-state index contributed by atoms with van der Waals surface area (Å²) in [5, 5.41) is 16.3. The van der Waals surface area contributed by atoms with Gasteiger partial charge in [-0.05, 0) is 42.7 Å². The van der Waals surface area contributed by atoms with Crippen LogP contribution in [-0.4, -0.2) is 58.7 Å². The smallest absolute Gasteiger partial charge is 0.343 e. The molecule has 0 aliphatic carbocycles. The maximum atomic E-state index is 12.5. The van der Waals surface area contributed by atoms with Crippen LogP contribution in [0, 0.1) is 0 Å². The van der Waals surface area contributed by atoms with Crippen LogP contribution in [0.5, 0.6) is 0 Å². The van der Waals surface area contributed by atoms with Gasteiger partial charge in [0.1, 0.15) is 11.4 Å². The van der Waals surface area contributed by atoms with Gasteiger partial charge in [0.2, 0.25) is 5.95 Å². The van der Waals surface area contributed by atoms with E-state index in [-0.39, 0.29) is 36.5 Å². The lowest BCUT2D eigenvalue weighted by atomic mass is 9.99. The molecule has 0 saturated heterocycles. The lowest BCUT2D eigenvalue weighted by molar-refractivity contribution is 0.0526. The molecule has 0 unspecified atom stereocenters. The summed E-state index contributed by atoms with van der Waals surface area (Å²) in [7, 11) is 1.79. The van der Waals surface area contributed by atoms with Gasteiger partial charge in [-0.25, -0.2) is 9.78 Å². The van der Waals surface area contributed by atoms with Crippen LogP contribution in [0.15, 0.2) is 54.7 Å². The number of esters is 1. The number of aliphatic hydroxyl groups excluding tert-OH is 1. The van der Waals surface area contributed by atoms with Crippen LogP contribution in [-0.2, 0) is 11.2 Å². The van der Waals surface area contributed by atoms with Crippen molar-refractivity contribution in [2.24, 2.45) is 0 Å². The third-order valence-corrected chi connectivity index (χ3v) is 5.63. The third-order valence-electron chi connectivity index (χ3n) is 5.63. The number of carbonyl (C=O) groups is 2. The van der Waals surface area contributed by atoms with Gasteiger partial charge < -0.3 is 25.4 Å². The van der Waals surface area contributed by atoms with Crippen molar-refractivity contribution in [1.82, 2.24) is 14.9 Å². The Kier molecular flexibility index (Phi) is 7.03. The van der Waals surface area contributed by atoms with Crippen molar-refractivity contribution in [2.45, 2.75) is 19.4 Å².